The Morgan fingerprint density at radius 1 is 0.600 bits per heavy atom. The van der Waals surface area contributed by atoms with Crippen LogP contribution in [-0.2, 0) is 11.5 Å². The van der Waals surface area contributed by atoms with E-state index in [-0.39, 0.29) is 0 Å². The Kier molecular flexibility index (Phi) is 6.73. The minimum atomic E-state index is 0.696. The van der Waals surface area contributed by atoms with Crippen molar-refractivity contribution in [3.05, 3.63) is 67.6 Å². The summed E-state index contributed by atoms with van der Waals surface area (Å²) in [4.78, 5) is 0. The van der Waals surface area contributed by atoms with Gasteiger partial charge in [-0.2, -0.15) is 0 Å². The van der Waals surface area contributed by atoms with Crippen LogP contribution in [0.1, 0.15) is 11.1 Å². The normalized spacial score (nSPS) is 10.8. The lowest BCUT2D eigenvalue weighted by Gasteiger charge is -2.08. The van der Waals surface area contributed by atoms with Gasteiger partial charge in [-0.1, -0.05) is 80.1 Å². The van der Waals surface area contributed by atoms with Crippen LogP contribution in [0.4, 0.5) is 0 Å². The summed E-state index contributed by atoms with van der Waals surface area (Å²) in [5, 5.41) is 2.78. The summed E-state index contributed by atoms with van der Waals surface area (Å²) in [6.07, 6.45) is 0. The van der Waals surface area contributed by atoms with Crippen molar-refractivity contribution in [1.82, 2.24) is 0 Å². The molecule has 20 heavy (non-hydrogen) atoms. The van der Waals surface area contributed by atoms with Crippen LogP contribution in [0.5, 0.6) is 0 Å². The van der Waals surface area contributed by atoms with E-state index in [1.54, 1.807) is 21.6 Å². The highest BCUT2D eigenvalue weighted by Gasteiger charge is 2.08. The number of hydrogen-bond donors (Lipinski definition) is 0. The molecule has 0 saturated heterocycles. The number of rotatable bonds is 5. The summed E-state index contributed by atoms with van der Waals surface area (Å²) in [5.41, 5.74) is 1.91. The Bertz CT molecular complexity index is 508. The fourth-order valence-corrected chi connectivity index (χ4v) is 5.15. The smallest absolute Gasteiger partial charge is 0.0461 e. The Labute approximate surface area is 146 Å². The predicted octanol–water partition coefficient (Wildman–Crippen LogP) is 7.38. The molecule has 0 aromatic heterocycles. The van der Waals surface area contributed by atoms with E-state index in [1.807, 2.05) is 36.4 Å². The maximum absolute atomic E-state index is 6.13. The van der Waals surface area contributed by atoms with E-state index >= 15 is 0 Å². The van der Waals surface area contributed by atoms with Crippen LogP contribution >= 0.6 is 68.0 Å². The molecular weight excluding hydrogens is 374 g/mol. The highest BCUT2D eigenvalue weighted by atomic mass is 35.5. The van der Waals surface area contributed by atoms with Gasteiger partial charge in [-0.3, -0.25) is 0 Å². The topological polar surface area (TPSA) is 0 Å². The van der Waals surface area contributed by atoms with E-state index in [0.717, 1.165) is 22.6 Å². The molecule has 2 rings (SSSR count). The van der Waals surface area contributed by atoms with Gasteiger partial charge in [-0.15, -0.1) is 0 Å². The Morgan fingerprint density at radius 3 is 1.20 bits per heavy atom. The number of hydrogen-bond acceptors (Lipinski definition) is 2. The molecule has 0 bridgehead atoms. The first-order chi connectivity index (χ1) is 9.59. The van der Waals surface area contributed by atoms with Gasteiger partial charge in [0.1, 0.15) is 0 Å². The second-order valence-corrected chi connectivity index (χ2v) is 8.02. The van der Waals surface area contributed by atoms with Crippen molar-refractivity contribution in [1.29, 1.82) is 0 Å². The maximum atomic E-state index is 6.13. The molecule has 0 atom stereocenters. The fourth-order valence-electron chi connectivity index (χ4n) is 1.54. The van der Waals surface area contributed by atoms with Crippen LogP contribution in [0.25, 0.3) is 0 Å². The lowest BCUT2D eigenvalue weighted by atomic mass is 10.2. The molecule has 0 nitrogen and oxygen atoms in total. The van der Waals surface area contributed by atoms with Crippen LogP contribution in [0.3, 0.4) is 0 Å². The van der Waals surface area contributed by atoms with Crippen molar-refractivity contribution >= 4 is 68.0 Å². The quantitative estimate of drug-likeness (QED) is 0.390. The molecule has 0 aliphatic rings. The molecule has 0 amide bonds. The van der Waals surface area contributed by atoms with Gasteiger partial charge in [0.2, 0.25) is 0 Å². The molecule has 6 heteroatoms. The average molecular weight is 384 g/mol. The van der Waals surface area contributed by atoms with E-state index in [9.17, 15) is 0 Å². The van der Waals surface area contributed by atoms with Crippen molar-refractivity contribution in [2.24, 2.45) is 0 Å². The Balaban J connectivity index is 1.91. The van der Waals surface area contributed by atoms with Gasteiger partial charge < -0.3 is 0 Å². The largest absolute Gasteiger partial charge is 0.0889 e. The molecule has 2 aromatic carbocycles. The first-order valence-corrected chi connectivity index (χ1v) is 9.69. The van der Waals surface area contributed by atoms with Crippen molar-refractivity contribution in [3.8, 4) is 0 Å². The lowest BCUT2D eigenvalue weighted by molar-refractivity contribution is 1.42. The van der Waals surface area contributed by atoms with E-state index in [1.165, 1.54) is 0 Å². The van der Waals surface area contributed by atoms with Gasteiger partial charge in [-0.05, 0) is 24.3 Å². The second kappa shape index (κ2) is 8.07. The highest BCUT2D eigenvalue weighted by Crippen LogP contribution is 2.37. The van der Waals surface area contributed by atoms with Gasteiger partial charge in [0.05, 0.1) is 0 Å². The molecule has 0 aliphatic carbocycles. The van der Waals surface area contributed by atoms with Crippen LogP contribution in [0, 0.1) is 0 Å². The fraction of sp³-hybridized carbons (Fsp3) is 0.143. The lowest BCUT2D eigenvalue weighted by Crippen LogP contribution is -1.85. The van der Waals surface area contributed by atoms with Gasteiger partial charge in [-0.25, -0.2) is 0 Å². The first kappa shape index (κ1) is 16.7. The Morgan fingerprint density at radius 2 is 0.900 bits per heavy atom. The third kappa shape index (κ3) is 4.40. The molecule has 106 valence electrons. The zero-order chi connectivity index (χ0) is 14.5. The highest BCUT2D eigenvalue weighted by molar-refractivity contribution is 8.76. The molecule has 0 heterocycles. The van der Waals surface area contributed by atoms with Gasteiger partial charge in [0.15, 0.2) is 0 Å². The third-order valence-electron chi connectivity index (χ3n) is 2.61. The number of benzene rings is 2. The van der Waals surface area contributed by atoms with E-state index < -0.39 is 0 Å². The van der Waals surface area contributed by atoms with Crippen molar-refractivity contribution < 1.29 is 0 Å². The van der Waals surface area contributed by atoms with Crippen LogP contribution in [0.15, 0.2) is 36.4 Å². The minimum Gasteiger partial charge on any atom is -0.0889 e. The zero-order valence-electron chi connectivity index (χ0n) is 10.2. The average Bonchev–Trinajstić information content (AvgIpc) is 2.40. The predicted molar refractivity (Wildman–Crippen MR) is 95.5 cm³/mol. The Hall–Kier alpha value is 0.300. The van der Waals surface area contributed by atoms with Crippen molar-refractivity contribution in [2.45, 2.75) is 11.5 Å². The first-order valence-electron chi connectivity index (χ1n) is 5.70. The minimum absolute atomic E-state index is 0.696. The van der Waals surface area contributed by atoms with Crippen LogP contribution < -0.4 is 0 Å². The molecule has 0 fully saturated rings. The molecule has 0 unspecified atom stereocenters. The summed E-state index contributed by atoms with van der Waals surface area (Å²) in [7, 11) is 3.35. The molecule has 0 N–H and O–H groups in total. The van der Waals surface area contributed by atoms with Crippen LogP contribution in [0.2, 0.25) is 20.1 Å². The summed E-state index contributed by atoms with van der Waals surface area (Å²) in [5.74, 6) is 1.48. The number of halogens is 4. The van der Waals surface area contributed by atoms with E-state index in [4.69, 9.17) is 46.4 Å². The molecule has 0 saturated carbocycles. The molecule has 2 aromatic rings. The summed E-state index contributed by atoms with van der Waals surface area (Å²) in [6.45, 7) is 0. The van der Waals surface area contributed by atoms with E-state index in [0.29, 0.717) is 20.1 Å². The van der Waals surface area contributed by atoms with Gasteiger partial charge in [0.25, 0.3) is 0 Å². The molecule has 0 spiro atoms. The van der Waals surface area contributed by atoms with Crippen molar-refractivity contribution in [3.63, 3.8) is 0 Å². The van der Waals surface area contributed by atoms with Gasteiger partial charge in [0, 0.05) is 42.7 Å². The SMILES string of the molecule is Clc1cccc(Cl)c1CSSCc1c(Cl)cccc1Cl. The van der Waals surface area contributed by atoms with E-state index in [2.05, 4.69) is 0 Å². The zero-order valence-corrected chi connectivity index (χ0v) is 14.9. The van der Waals surface area contributed by atoms with Crippen molar-refractivity contribution in [2.75, 3.05) is 0 Å². The molecule has 0 aliphatic heterocycles. The second-order valence-electron chi connectivity index (χ2n) is 3.92. The van der Waals surface area contributed by atoms with Gasteiger partial charge >= 0.3 is 0 Å². The summed E-state index contributed by atoms with van der Waals surface area (Å²) in [6, 6.07) is 11.1. The standard InChI is InChI=1S/C14H10Cl4S2/c15-11-3-1-4-12(16)9(11)7-19-20-8-10-13(17)5-2-6-14(10)18/h1-6H,7-8H2. The molecular formula is C14H10Cl4S2. The third-order valence-corrected chi connectivity index (χ3v) is 6.22. The maximum Gasteiger partial charge on any atom is 0.0461 e. The molecule has 0 radical (unpaired) electrons. The summed E-state index contributed by atoms with van der Waals surface area (Å²) < 4.78 is 0. The van der Waals surface area contributed by atoms with Crippen LogP contribution in [-0.4, -0.2) is 0 Å². The summed E-state index contributed by atoms with van der Waals surface area (Å²) >= 11 is 24.5. The monoisotopic (exact) mass is 382 g/mol.